The standard InChI is InChI=1S/C21H17BrN2/c22-19-14-8-7-13-18(19)21-15-20(16-9-3-1-4-10-16)23-24(21)17-11-5-2-6-12-17/h1-15,21,23H. The van der Waals surface area contributed by atoms with Crippen LogP contribution >= 0.6 is 15.9 Å². The van der Waals surface area contributed by atoms with E-state index in [2.05, 4.69) is 99.2 Å². The van der Waals surface area contributed by atoms with Crippen molar-refractivity contribution >= 4 is 27.3 Å². The Balaban J connectivity index is 1.79. The Morgan fingerprint density at radius 1 is 0.750 bits per heavy atom. The number of benzene rings is 3. The van der Waals surface area contributed by atoms with Gasteiger partial charge in [-0.15, -0.1) is 0 Å². The largest absolute Gasteiger partial charge is 0.297 e. The number of halogens is 1. The third-order valence-electron chi connectivity index (χ3n) is 4.19. The van der Waals surface area contributed by atoms with Crippen LogP contribution in [0.4, 0.5) is 5.69 Å². The molecule has 0 bridgehead atoms. The van der Waals surface area contributed by atoms with E-state index in [1.807, 2.05) is 18.2 Å². The van der Waals surface area contributed by atoms with Gasteiger partial charge in [0.1, 0.15) is 0 Å². The second-order valence-corrected chi connectivity index (χ2v) is 6.58. The summed E-state index contributed by atoms with van der Waals surface area (Å²) in [5.41, 5.74) is 8.26. The first kappa shape index (κ1) is 15.0. The Kier molecular flexibility index (Phi) is 4.09. The SMILES string of the molecule is Brc1ccccc1C1C=C(c2ccccc2)NN1c1ccccc1. The number of hydrogen-bond acceptors (Lipinski definition) is 2. The Morgan fingerprint density at radius 2 is 1.38 bits per heavy atom. The van der Waals surface area contributed by atoms with E-state index in [-0.39, 0.29) is 6.04 Å². The first-order chi connectivity index (χ1) is 11.8. The van der Waals surface area contributed by atoms with Crippen LogP contribution in [-0.2, 0) is 0 Å². The van der Waals surface area contributed by atoms with Crippen LogP contribution < -0.4 is 10.4 Å². The number of hydrogen-bond donors (Lipinski definition) is 1. The van der Waals surface area contributed by atoms with Crippen LogP contribution in [0.15, 0.2) is 95.5 Å². The van der Waals surface area contributed by atoms with Crippen molar-refractivity contribution in [3.63, 3.8) is 0 Å². The highest BCUT2D eigenvalue weighted by atomic mass is 79.9. The molecule has 118 valence electrons. The molecule has 0 radical (unpaired) electrons. The van der Waals surface area contributed by atoms with E-state index in [4.69, 9.17) is 0 Å². The Bertz CT molecular complexity index is 859. The Morgan fingerprint density at radius 3 is 2.08 bits per heavy atom. The van der Waals surface area contributed by atoms with Gasteiger partial charge in [-0.25, -0.2) is 0 Å². The van der Waals surface area contributed by atoms with Crippen molar-refractivity contribution in [3.8, 4) is 0 Å². The van der Waals surface area contributed by atoms with Crippen molar-refractivity contribution in [1.29, 1.82) is 0 Å². The predicted octanol–water partition coefficient (Wildman–Crippen LogP) is 5.56. The molecule has 3 heteroatoms. The molecule has 1 heterocycles. The number of rotatable bonds is 3. The average molecular weight is 377 g/mol. The van der Waals surface area contributed by atoms with Crippen LogP contribution in [0.5, 0.6) is 0 Å². The lowest BCUT2D eigenvalue weighted by atomic mass is 10.0. The lowest BCUT2D eigenvalue weighted by Gasteiger charge is -2.28. The molecule has 1 unspecified atom stereocenters. The maximum Gasteiger partial charge on any atom is 0.0969 e. The van der Waals surface area contributed by atoms with Gasteiger partial charge < -0.3 is 0 Å². The van der Waals surface area contributed by atoms with E-state index >= 15 is 0 Å². The molecule has 0 aliphatic carbocycles. The average Bonchev–Trinajstić information content (AvgIpc) is 3.09. The second-order valence-electron chi connectivity index (χ2n) is 5.73. The molecule has 1 aliphatic heterocycles. The highest BCUT2D eigenvalue weighted by molar-refractivity contribution is 9.10. The normalized spacial score (nSPS) is 16.6. The van der Waals surface area contributed by atoms with E-state index in [0.717, 1.165) is 15.9 Å². The fourth-order valence-corrected chi connectivity index (χ4v) is 3.52. The number of hydrazine groups is 1. The fourth-order valence-electron chi connectivity index (χ4n) is 3.01. The molecule has 3 aromatic carbocycles. The molecule has 4 rings (SSSR count). The minimum absolute atomic E-state index is 0.123. The zero-order valence-corrected chi connectivity index (χ0v) is 14.6. The van der Waals surface area contributed by atoms with Crippen LogP contribution in [0.25, 0.3) is 5.70 Å². The number of anilines is 1. The molecule has 1 atom stereocenters. The van der Waals surface area contributed by atoms with Gasteiger partial charge in [-0.1, -0.05) is 82.7 Å². The van der Waals surface area contributed by atoms with E-state index in [9.17, 15) is 0 Å². The van der Waals surface area contributed by atoms with Gasteiger partial charge in [0, 0.05) is 4.47 Å². The predicted molar refractivity (Wildman–Crippen MR) is 103 cm³/mol. The fraction of sp³-hybridized carbons (Fsp3) is 0.0476. The highest BCUT2D eigenvalue weighted by Gasteiger charge is 2.28. The third-order valence-corrected chi connectivity index (χ3v) is 4.91. The molecule has 0 spiro atoms. The lowest BCUT2D eigenvalue weighted by molar-refractivity contribution is 0.722. The van der Waals surface area contributed by atoms with Gasteiger partial charge in [-0.05, 0) is 35.4 Å². The van der Waals surface area contributed by atoms with Gasteiger partial charge in [-0.3, -0.25) is 10.4 Å². The Labute approximate surface area is 150 Å². The minimum Gasteiger partial charge on any atom is -0.297 e. The molecule has 3 aromatic rings. The number of para-hydroxylation sites is 1. The summed E-state index contributed by atoms with van der Waals surface area (Å²) in [6.07, 6.45) is 2.28. The van der Waals surface area contributed by atoms with Crippen molar-refractivity contribution in [2.45, 2.75) is 6.04 Å². The maximum atomic E-state index is 3.70. The summed E-state index contributed by atoms with van der Waals surface area (Å²) in [5, 5.41) is 2.21. The van der Waals surface area contributed by atoms with Crippen LogP contribution in [0.1, 0.15) is 17.2 Å². The molecular weight excluding hydrogens is 360 g/mol. The topological polar surface area (TPSA) is 15.3 Å². The van der Waals surface area contributed by atoms with Crippen LogP contribution in [0.3, 0.4) is 0 Å². The van der Waals surface area contributed by atoms with Gasteiger partial charge in [0.25, 0.3) is 0 Å². The summed E-state index contributed by atoms with van der Waals surface area (Å²) >= 11 is 3.70. The van der Waals surface area contributed by atoms with Gasteiger partial charge in [0.15, 0.2) is 0 Å². The van der Waals surface area contributed by atoms with E-state index < -0.39 is 0 Å². The molecule has 0 fully saturated rings. The number of nitrogens with one attached hydrogen (secondary N) is 1. The van der Waals surface area contributed by atoms with Gasteiger partial charge in [0.05, 0.1) is 17.4 Å². The summed E-state index contributed by atoms with van der Waals surface area (Å²) in [5.74, 6) is 0. The Hall–Kier alpha value is -2.52. The monoisotopic (exact) mass is 376 g/mol. The molecule has 24 heavy (non-hydrogen) atoms. The summed E-state index contributed by atoms with van der Waals surface area (Å²) in [6, 6.07) is 29.4. The summed E-state index contributed by atoms with van der Waals surface area (Å²) < 4.78 is 1.11. The van der Waals surface area contributed by atoms with Crippen LogP contribution in [-0.4, -0.2) is 0 Å². The quantitative estimate of drug-likeness (QED) is 0.643. The summed E-state index contributed by atoms with van der Waals surface area (Å²) in [7, 11) is 0. The van der Waals surface area contributed by atoms with Crippen molar-refractivity contribution in [1.82, 2.24) is 5.43 Å². The molecule has 0 saturated heterocycles. The minimum atomic E-state index is 0.123. The van der Waals surface area contributed by atoms with Gasteiger partial charge >= 0.3 is 0 Å². The highest BCUT2D eigenvalue weighted by Crippen LogP contribution is 2.37. The molecule has 0 aromatic heterocycles. The zero-order valence-electron chi connectivity index (χ0n) is 13.1. The van der Waals surface area contributed by atoms with Crippen molar-refractivity contribution in [2.24, 2.45) is 0 Å². The first-order valence-electron chi connectivity index (χ1n) is 7.95. The molecule has 1 N–H and O–H groups in total. The zero-order chi connectivity index (χ0) is 16.4. The van der Waals surface area contributed by atoms with E-state index in [0.29, 0.717) is 0 Å². The molecular formula is C21H17BrN2. The van der Waals surface area contributed by atoms with Crippen LogP contribution in [0, 0.1) is 0 Å². The van der Waals surface area contributed by atoms with Crippen LogP contribution in [0.2, 0.25) is 0 Å². The second kappa shape index (κ2) is 6.54. The van der Waals surface area contributed by atoms with Crippen molar-refractivity contribution in [2.75, 3.05) is 5.01 Å². The molecule has 0 saturated carbocycles. The summed E-state index contributed by atoms with van der Waals surface area (Å²) in [4.78, 5) is 0. The first-order valence-corrected chi connectivity index (χ1v) is 8.75. The lowest BCUT2D eigenvalue weighted by Crippen LogP contribution is -2.34. The van der Waals surface area contributed by atoms with Gasteiger partial charge in [0.2, 0.25) is 0 Å². The maximum absolute atomic E-state index is 3.70. The smallest absolute Gasteiger partial charge is 0.0969 e. The number of nitrogens with zero attached hydrogens (tertiary/aromatic N) is 1. The summed E-state index contributed by atoms with van der Waals surface area (Å²) in [6.45, 7) is 0. The van der Waals surface area contributed by atoms with Gasteiger partial charge in [-0.2, -0.15) is 0 Å². The van der Waals surface area contributed by atoms with E-state index in [1.54, 1.807) is 0 Å². The van der Waals surface area contributed by atoms with Crippen molar-refractivity contribution in [3.05, 3.63) is 107 Å². The third kappa shape index (κ3) is 2.83. The molecule has 1 aliphatic rings. The molecule has 2 nitrogen and oxygen atoms in total. The van der Waals surface area contributed by atoms with Crippen molar-refractivity contribution < 1.29 is 0 Å². The van der Waals surface area contributed by atoms with E-state index in [1.165, 1.54) is 11.1 Å². The molecule has 0 amide bonds.